The second kappa shape index (κ2) is 6.65. The highest BCUT2D eigenvalue weighted by Gasteiger charge is 2.20. The van der Waals surface area contributed by atoms with Crippen LogP contribution in [0.3, 0.4) is 0 Å². The van der Waals surface area contributed by atoms with Crippen LogP contribution in [0.2, 0.25) is 10.2 Å². The van der Waals surface area contributed by atoms with E-state index in [0.717, 1.165) is 0 Å². The van der Waals surface area contributed by atoms with Crippen molar-refractivity contribution in [2.75, 3.05) is 5.32 Å². The summed E-state index contributed by atoms with van der Waals surface area (Å²) in [5.74, 6) is -1.14. The Bertz CT molecular complexity index is 636. The topological polar surface area (TPSA) is 71.2 Å². The van der Waals surface area contributed by atoms with E-state index in [2.05, 4.69) is 10.3 Å². The Morgan fingerprint density at radius 3 is 2.48 bits per heavy atom. The molecule has 1 aromatic carbocycles. The number of ether oxygens (including phenoxy) is 1. The molecular weight excluding hydrogens is 315 g/mol. The highest BCUT2D eigenvalue weighted by atomic mass is 35.5. The summed E-state index contributed by atoms with van der Waals surface area (Å²) in [5.41, 5.74) is 0.709. The number of hydrogen-bond acceptors (Lipinski definition) is 3. The SMILES string of the molecule is CC(OC(=O)c1cc(Cl)c(Cl)[nH]1)C(=O)Nc1ccccc1. The van der Waals surface area contributed by atoms with E-state index in [9.17, 15) is 9.59 Å². The Hall–Kier alpha value is -1.98. The van der Waals surface area contributed by atoms with Crippen LogP contribution in [-0.4, -0.2) is 23.0 Å². The van der Waals surface area contributed by atoms with Crippen LogP contribution in [0.15, 0.2) is 36.4 Å². The molecule has 0 aliphatic carbocycles. The van der Waals surface area contributed by atoms with Gasteiger partial charge in [-0.1, -0.05) is 41.4 Å². The second-order valence-electron chi connectivity index (χ2n) is 4.25. The molecule has 0 fully saturated rings. The first kappa shape index (κ1) is 15.4. The van der Waals surface area contributed by atoms with Gasteiger partial charge < -0.3 is 15.0 Å². The summed E-state index contributed by atoms with van der Waals surface area (Å²) in [6, 6.07) is 10.2. The lowest BCUT2D eigenvalue weighted by molar-refractivity contribution is -0.123. The van der Waals surface area contributed by atoms with Gasteiger partial charge >= 0.3 is 5.97 Å². The predicted octanol–water partition coefficient (Wildman–Crippen LogP) is 3.51. The Morgan fingerprint density at radius 1 is 1.24 bits per heavy atom. The van der Waals surface area contributed by atoms with Crippen LogP contribution in [0.25, 0.3) is 0 Å². The molecule has 1 unspecified atom stereocenters. The number of amides is 1. The van der Waals surface area contributed by atoms with Gasteiger partial charge in [-0.05, 0) is 25.1 Å². The van der Waals surface area contributed by atoms with Crippen molar-refractivity contribution < 1.29 is 14.3 Å². The molecule has 7 heteroatoms. The minimum absolute atomic E-state index is 0.0874. The molecule has 1 atom stereocenters. The molecule has 110 valence electrons. The van der Waals surface area contributed by atoms with Crippen molar-refractivity contribution in [1.29, 1.82) is 0 Å². The van der Waals surface area contributed by atoms with Crippen LogP contribution in [-0.2, 0) is 9.53 Å². The van der Waals surface area contributed by atoms with Crippen molar-refractivity contribution in [1.82, 2.24) is 4.98 Å². The quantitative estimate of drug-likeness (QED) is 0.844. The molecular formula is C14H12Cl2N2O3. The summed E-state index contributed by atoms with van der Waals surface area (Å²) in [6.45, 7) is 1.47. The smallest absolute Gasteiger partial charge is 0.355 e. The number of carbonyl (C=O) groups excluding carboxylic acids is 2. The van der Waals surface area contributed by atoms with Crippen LogP contribution >= 0.6 is 23.2 Å². The Labute approximate surface area is 131 Å². The summed E-state index contributed by atoms with van der Waals surface area (Å²) in [5, 5.41) is 2.99. The molecule has 5 nitrogen and oxygen atoms in total. The number of benzene rings is 1. The molecule has 1 aromatic heterocycles. The zero-order valence-corrected chi connectivity index (χ0v) is 12.5. The lowest BCUT2D eigenvalue weighted by Crippen LogP contribution is -2.30. The molecule has 2 rings (SSSR count). The maximum absolute atomic E-state index is 11.9. The van der Waals surface area contributed by atoms with Crippen LogP contribution < -0.4 is 5.32 Å². The van der Waals surface area contributed by atoms with E-state index < -0.39 is 18.0 Å². The predicted molar refractivity (Wildman–Crippen MR) is 80.8 cm³/mol. The molecule has 0 saturated heterocycles. The second-order valence-corrected chi connectivity index (χ2v) is 5.03. The van der Waals surface area contributed by atoms with Crippen LogP contribution in [0.5, 0.6) is 0 Å². The lowest BCUT2D eigenvalue weighted by atomic mass is 10.3. The fourth-order valence-corrected chi connectivity index (χ4v) is 1.87. The van der Waals surface area contributed by atoms with Gasteiger partial charge in [0.25, 0.3) is 5.91 Å². The zero-order chi connectivity index (χ0) is 15.4. The molecule has 0 aliphatic rings. The highest BCUT2D eigenvalue weighted by Crippen LogP contribution is 2.22. The molecule has 0 spiro atoms. The maximum atomic E-state index is 11.9. The van der Waals surface area contributed by atoms with E-state index in [1.807, 2.05) is 6.07 Å². The molecule has 0 aliphatic heterocycles. The molecule has 2 aromatic rings. The summed E-state index contributed by atoms with van der Waals surface area (Å²) >= 11 is 11.4. The van der Waals surface area contributed by atoms with Gasteiger partial charge in [0.2, 0.25) is 0 Å². The van der Waals surface area contributed by atoms with E-state index in [4.69, 9.17) is 27.9 Å². The summed E-state index contributed by atoms with van der Waals surface area (Å²) in [7, 11) is 0. The van der Waals surface area contributed by atoms with E-state index in [1.165, 1.54) is 13.0 Å². The van der Waals surface area contributed by atoms with Crippen LogP contribution in [0, 0.1) is 0 Å². The number of rotatable bonds is 4. The van der Waals surface area contributed by atoms with Crippen molar-refractivity contribution in [3.05, 3.63) is 52.3 Å². The first-order valence-corrected chi connectivity index (χ1v) is 6.84. The molecule has 1 heterocycles. The first-order chi connectivity index (χ1) is 9.97. The fourth-order valence-electron chi connectivity index (χ4n) is 1.56. The number of H-pyrrole nitrogens is 1. The average Bonchev–Trinajstić information content (AvgIpc) is 2.80. The third-order valence-corrected chi connectivity index (χ3v) is 3.33. The third kappa shape index (κ3) is 4.00. The number of esters is 1. The normalized spacial score (nSPS) is 11.8. The van der Waals surface area contributed by atoms with Gasteiger partial charge in [-0.25, -0.2) is 4.79 Å². The van der Waals surface area contributed by atoms with Crippen molar-refractivity contribution in [2.45, 2.75) is 13.0 Å². The minimum Gasteiger partial charge on any atom is -0.448 e. The molecule has 0 saturated carbocycles. The van der Waals surface area contributed by atoms with Gasteiger partial charge in [0.05, 0.1) is 5.02 Å². The largest absolute Gasteiger partial charge is 0.448 e. The Balaban J connectivity index is 1.96. The monoisotopic (exact) mass is 326 g/mol. The van der Waals surface area contributed by atoms with E-state index in [1.54, 1.807) is 24.3 Å². The third-order valence-electron chi connectivity index (χ3n) is 2.64. The van der Waals surface area contributed by atoms with Gasteiger partial charge in [0.15, 0.2) is 6.10 Å². The zero-order valence-electron chi connectivity index (χ0n) is 11.0. The highest BCUT2D eigenvalue weighted by molar-refractivity contribution is 6.41. The number of hydrogen-bond donors (Lipinski definition) is 2. The summed E-state index contributed by atoms with van der Waals surface area (Å²) in [4.78, 5) is 26.3. The number of aromatic amines is 1. The molecule has 2 N–H and O–H groups in total. The molecule has 21 heavy (non-hydrogen) atoms. The number of nitrogens with one attached hydrogen (secondary N) is 2. The lowest BCUT2D eigenvalue weighted by Gasteiger charge is -2.12. The van der Waals surface area contributed by atoms with Gasteiger partial charge in [0, 0.05) is 5.69 Å². The van der Waals surface area contributed by atoms with Crippen molar-refractivity contribution >= 4 is 40.8 Å². The van der Waals surface area contributed by atoms with Crippen molar-refractivity contribution in [2.24, 2.45) is 0 Å². The van der Waals surface area contributed by atoms with E-state index >= 15 is 0 Å². The number of carbonyl (C=O) groups is 2. The molecule has 0 bridgehead atoms. The van der Waals surface area contributed by atoms with Crippen LogP contribution in [0.4, 0.5) is 5.69 Å². The van der Waals surface area contributed by atoms with Gasteiger partial charge in [-0.2, -0.15) is 0 Å². The van der Waals surface area contributed by atoms with Gasteiger partial charge in [-0.15, -0.1) is 0 Å². The Kier molecular flexibility index (Phi) is 4.88. The number of para-hydroxylation sites is 1. The maximum Gasteiger partial charge on any atom is 0.355 e. The minimum atomic E-state index is -0.960. The van der Waals surface area contributed by atoms with Gasteiger partial charge in [-0.3, -0.25) is 4.79 Å². The summed E-state index contributed by atoms with van der Waals surface area (Å²) in [6.07, 6.45) is -0.960. The number of anilines is 1. The summed E-state index contributed by atoms with van der Waals surface area (Å²) < 4.78 is 5.04. The van der Waals surface area contributed by atoms with Crippen LogP contribution in [0.1, 0.15) is 17.4 Å². The number of halogens is 2. The van der Waals surface area contributed by atoms with Gasteiger partial charge in [0.1, 0.15) is 10.8 Å². The fraction of sp³-hybridized carbons (Fsp3) is 0.143. The van der Waals surface area contributed by atoms with E-state index in [-0.39, 0.29) is 15.9 Å². The van der Waals surface area contributed by atoms with E-state index in [0.29, 0.717) is 5.69 Å². The van der Waals surface area contributed by atoms with Crippen molar-refractivity contribution in [3.8, 4) is 0 Å². The van der Waals surface area contributed by atoms with Crippen molar-refractivity contribution in [3.63, 3.8) is 0 Å². The standard InChI is InChI=1S/C14H12Cl2N2O3/c1-8(13(19)17-9-5-3-2-4-6-9)21-14(20)11-7-10(15)12(16)18-11/h2-8,18H,1H3,(H,17,19). The Morgan fingerprint density at radius 2 is 1.90 bits per heavy atom. The molecule has 0 radical (unpaired) electrons. The number of aromatic nitrogens is 1. The first-order valence-electron chi connectivity index (χ1n) is 6.08. The molecule has 1 amide bonds. The average molecular weight is 327 g/mol.